The Labute approximate surface area is 294 Å². The lowest BCUT2D eigenvalue weighted by molar-refractivity contribution is -0.120. The highest BCUT2D eigenvalue weighted by molar-refractivity contribution is 9.10. The van der Waals surface area contributed by atoms with E-state index < -0.39 is 23.1 Å². The predicted molar refractivity (Wildman–Crippen MR) is 180 cm³/mol. The molecule has 258 valence electrons. The molecule has 1 spiro atoms. The van der Waals surface area contributed by atoms with Crippen LogP contribution in [0.3, 0.4) is 0 Å². The van der Waals surface area contributed by atoms with E-state index in [1.807, 2.05) is 0 Å². The first-order valence-corrected chi connectivity index (χ1v) is 16.4. The highest BCUT2D eigenvalue weighted by Crippen LogP contribution is 2.54. The summed E-state index contributed by atoms with van der Waals surface area (Å²) in [7, 11) is 5.92. The van der Waals surface area contributed by atoms with Crippen LogP contribution in [0.1, 0.15) is 39.0 Å². The molecule has 1 amide bonds. The van der Waals surface area contributed by atoms with E-state index in [1.165, 1.54) is 25.0 Å². The summed E-state index contributed by atoms with van der Waals surface area (Å²) in [6.07, 6.45) is -0.0505. The van der Waals surface area contributed by atoms with E-state index in [-0.39, 0.29) is 65.4 Å². The number of fused-ring (bicyclic) bond motifs is 2. The quantitative estimate of drug-likeness (QED) is 0.151. The van der Waals surface area contributed by atoms with E-state index in [1.54, 1.807) is 45.4 Å². The van der Waals surface area contributed by atoms with Crippen molar-refractivity contribution in [1.29, 1.82) is 0 Å². The standard InChI is InChI=1S/C33H33BrClN5O9/c1-16-12-21-24(29(42)33(16)30(43)25-20(46-4)14-22(47-5)26(35)28(25)49-33)19(27(48-21)17-6-8-18(45-3)9-7-17)13-23(41)36-10-11-37-32-38-31(34)39-40(32)15-44-2/h6-9,14,16H,10-13,15H2,1-5H3,(H,36,41)(H,37,38,39)/t16-,33+/m1/s1. The van der Waals surface area contributed by atoms with Crippen molar-refractivity contribution in [3.05, 3.63) is 62.5 Å². The Morgan fingerprint density at radius 2 is 1.78 bits per heavy atom. The van der Waals surface area contributed by atoms with Crippen LogP contribution in [0.2, 0.25) is 5.02 Å². The van der Waals surface area contributed by atoms with E-state index in [4.69, 9.17) is 39.7 Å². The van der Waals surface area contributed by atoms with Crippen molar-refractivity contribution in [3.63, 3.8) is 0 Å². The Morgan fingerprint density at radius 1 is 1.06 bits per heavy atom. The van der Waals surface area contributed by atoms with Crippen molar-refractivity contribution in [3.8, 4) is 34.3 Å². The second-order valence-corrected chi connectivity index (χ2v) is 12.5. The molecule has 6 rings (SSSR count). The number of anilines is 1. The summed E-state index contributed by atoms with van der Waals surface area (Å²) < 4.78 is 35.9. The van der Waals surface area contributed by atoms with E-state index in [0.29, 0.717) is 45.6 Å². The number of rotatable bonds is 12. The molecule has 1 aliphatic carbocycles. The van der Waals surface area contributed by atoms with Crippen LogP contribution in [-0.2, 0) is 29.1 Å². The van der Waals surface area contributed by atoms with Crippen molar-refractivity contribution >= 4 is 51.0 Å². The predicted octanol–water partition coefficient (Wildman–Crippen LogP) is 4.74. The monoisotopic (exact) mass is 757 g/mol. The maximum absolute atomic E-state index is 14.7. The summed E-state index contributed by atoms with van der Waals surface area (Å²) >= 11 is 9.85. The van der Waals surface area contributed by atoms with Crippen molar-refractivity contribution in [2.24, 2.45) is 5.92 Å². The summed E-state index contributed by atoms with van der Waals surface area (Å²) in [6.45, 7) is 2.47. The summed E-state index contributed by atoms with van der Waals surface area (Å²) in [5.74, 6) is -0.115. The number of aromatic nitrogens is 3. The minimum absolute atomic E-state index is 0.00513. The molecular formula is C33H33BrClN5O9. The summed E-state index contributed by atoms with van der Waals surface area (Å²) in [5, 5.41) is 10.2. The molecule has 4 aromatic rings. The second-order valence-electron chi connectivity index (χ2n) is 11.4. The minimum Gasteiger partial charge on any atom is -0.497 e. The van der Waals surface area contributed by atoms with E-state index in [0.717, 1.165) is 0 Å². The van der Waals surface area contributed by atoms with Gasteiger partial charge in [0.05, 0.1) is 33.3 Å². The Bertz CT molecular complexity index is 1940. The summed E-state index contributed by atoms with van der Waals surface area (Å²) in [6, 6.07) is 8.53. The largest absolute Gasteiger partial charge is 0.497 e. The number of carbonyl (C=O) groups is 3. The Hall–Kier alpha value is -4.60. The highest BCUT2D eigenvalue weighted by Gasteiger charge is 2.63. The van der Waals surface area contributed by atoms with Crippen LogP contribution in [0.25, 0.3) is 11.3 Å². The number of halogens is 2. The van der Waals surface area contributed by atoms with Crippen molar-refractivity contribution in [1.82, 2.24) is 20.1 Å². The lowest BCUT2D eigenvalue weighted by Gasteiger charge is -2.35. The molecule has 2 aliphatic rings. The zero-order valence-electron chi connectivity index (χ0n) is 27.3. The van der Waals surface area contributed by atoms with Gasteiger partial charge < -0.3 is 38.7 Å². The zero-order chi connectivity index (χ0) is 35.0. The number of Topliss-reactive ketones (excluding diaryl/α,β-unsaturated/α-hetero) is 2. The molecule has 2 N–H and O–H groups in total. The lowest BCUT2D eigenvalue weighted by Crippen LogP contribution is -2.56. The first kappa shape index (κ1) is 34.3. The molecule has 0 saturated heterocycles. The minimum atomic E-state index is -1.97. The summed E-state index contributed by atoms with van der Waals surface area (Å²) in [5.41, 5.74) is -0.850. The van der Waals surface area contributed by atoms with Crippen LogP contribution in [0.5, 0.6) is 23.0 Å². The van der Waals surface area contributed by atoms with E-state index in [9.17, 15) is 14.4 Å². The highest BCUT2D eigenvalue weighted by atomic mass is 79.9. The van der Waals surface area contributed by atoms with Crippen molar-refractivity contribution in [2.75, 3.05) is 46.8 Å². The molecule has 1 aliphatic heterocycles. The van der Waals surface area contributed by atoms with Crippen molar-refractivity contribution < 1.29 is 42.5 Å². The SMILES string of the molecule is COCn1nc(Br)nc1NCCNC(=O)Cc1c(-c2ccc(OC)cc2)oc2c1C(=O)[C@@]1(Oc3c(Cl)c(OC)cc(OC)c3C1=O)[C@H](C)C2. The molecule has 0 unspecified atom stereocenters. The second kappa shape index (κ2) is 13.7. The van der Waals surface area contributed by atoms with Gasteiger partial charge >= 0.3 is 0 Å². The number of nitrogens with one attached hydrogen (secondary N) is 2. The maximum Gasteiger partial charge on any atom is 0.237 e. The van der Waals surface area contributed by atoms with Gasteiger partial charge in [-0.25, -0.2) is 4.68 Å². The topological polar surface area (TPSA) is 165 Å². The fourth-order valence-electron chi connectivity index (χ4n) is 6.23. The lowest BCUT2D eigenvalue weighted by atomic mass is 9.70. The number of hydrogen-bond donors (Lipinski definition) is 2. The smallest absolute Gasteiger partial charge is 0.237 e. The number of furan rings is 1. The molecule has 16 heteroatoms. The summed E-state index contributed by atoms with van der Waals surface area (Å²) in [4.78, 5) is 46.8. The third-order valence-corrected chi connectivity index (χ3v) is 9.26. The number of amides is 1. The fraction of sp³-hybridized carbons (Fsp3) is 0.364. The number of hydrogen-bond acceptors (Lipinski definition) is 12. The van der Waals surface area contributed by atoms with Gasteiger partial charge in [0, 0.05) is 49.7 Å². The Balaban J connectivity index is 1.33. The first-order chi connectivity index (χ1) is 23.6. The molecule has 3 heterocycles. The normalized spacial score (nSPS) is 17.8. The molecular weight excluding hydrogens is 726 g/mol. The third kappa shape index (κ3) is 5.89. The molecule has 0 saturated carbocycles. The molecule has 0 radical (unpaired) electrons. The van der Waals surface area contributed by atoms with Crippen LogP contribution < -0.4 is 29.6 Å². The third-order valence-electron chi connectivity index (χ3n) is 8.57. The average molecular weight is 759 g/mol. The Kier molecular flexibility index (Phi) is 9.60. The van der Waals surface area contributed by atoms with E-state index in [2.05, 4.69) is 36.6 Å². The van der Waals surface area contributed by atoms with Crippen LogP contribution >= 0.6 is 27.5 Å². The van der Waals surface area contributed by atoms with Crippen LogP contribution in [-0.4, -0.2) is 79.4 Å². The zero-order valence-corrected chi connectivity index (χ0v) is 29.6. The Morgan fingerprint density at radius 3 is 2.45 bits per heavy atom. The van der Waals surface area contributed by atoms with Gasteiger partial charge in [-0.15, -0.1) is 5.10 Å². The number of ketones is 2. The van der Waals surface area contributed by atoms with Crippen LogP contribution in [0.15, 0.2) is 39.5 Å². The maximum atomic E-state index is 14.7. The molecule has 14 nitrogen and oxygen atoms in total. The van der Waals surface area contributed by atoms with Gasteiger partial charge in [-0.3, -0.25) is 14.4 Å². The van der Waals surface area contributed by atoms with E-state index >= 15 is 0 Å². The molecule has 49 heavy (non-hydrogen) atoms. The van der Waals surface area contributed by atoms with Crippen LogP contribution in [0.4, 0.5) is 5.95 Å². The fourth-order valence-corrected chi connectivity index (χ4v) is 6.86. The number of ether oxygens (including phenoxy) is 5. The molecule has 0 bridgehead atoms. The first-order valence-electron chi connectivity index (χ1n) is 15.2. The van der Waals surface area contributed by atoms with Gasteiger partial charge in [-0.05, 0) is 40.2 Å². The van der Waals surface area contributed by atoms with Gasteiger partial charge in [0.1, 0.15) is 46.1 Å². The van der Waals surface area contributed by atoms with Gasteiger partial charge in [0.15, 0.2) is 5.75 Å². The molecule has 2 atom stereocenters. The van der Waals surface area contributed by atoms with Gasteiger partial charge in [0.2, 0.25) is 33.8 Å². The van der Waals surface area contributed by atoms with Gasteiger partial charge in [-0.1, -0.05) is 18.5 Å². The number of carbonyl (C=O) groups excluding carboxylic acids is 3. The molecule has 0 fully saturated rings. The van der Waals surface area contributed by atoms with Crippen LogP contribution in [0, 0.1) is 5.92 Å². The number of nitrogens with zero attached hydrogens (tertiary/aromatic N) is 3. The number of methoxy groups -OCH3 is 4. The molecule has 2 aromatic carbocycles. The molecule has 2 aromatic heterocycles. The van der Waals surface area contributed by atoms with Gasteiger partial charge in [0.25, 0.3) is 0 Å². The van der Waals surface area contributed by atoms with Crippen molar-refractivity contribution in [2.45, 2.75) is 32.1 Å². The number of benzene rings is 2. The average Bonchev–Trinajstić information content (AvgIpc) is 3.74. The van der Waals surface area contributed by atoms with Gasteiger partial charge in [-0.2, -0.15) is 4.98 Å².